The summed E-state index contributed by atoms with van der Waals surface area (Å²) in [6.45, 7) is 6.33. The Bertz CT molecular complexity index is 633. The molecule has 0 aromatic heterocycles. The average molecular weight is 333 g/mol. The Morgan fingerprint density at radius 3 is 2.04 bits per heavy atom. The normalized spacial score (nSPS) is 12.8. The Kier molecular flexibility index (Phi) is 6.40. The molecular weight excluding hydrogens is 309 g/mol. The standard InChI is InChI=1S/C18H24NO3P/c1-4-21-23(20,22-5-2)18(16-9-7-6-8-10-16)19-17-13-11-15(3)12-14-17/h6-14,18-19H,4-5H2,1-3H3/t18-/m1/s1. The maximum atomic E-state index is 13.3. The second-order valence-electron chi connectivity index (χ2n) is 5.20. The Morgan fingerprint density at radius 2 is 1.52 bits per heavy atom. The van der Waals surface area contributed by atoms with Gasteiger partial charge in [0, 0.05) is 5.69 Å². The minimum Gasteiger partial charge on any atom is -0.368 e. The van der Waals surface area contributed by atoms with Crippen LogP contribution in [-0.2, 0) is 13.6 Å². The van der Waals surface area contributed by atoms with Crippen LogP contribution in [-0.4, -0.2) is 13.2 Å². The van der Waals surface area contributed by atoms with Crippen molar-refractivity contribution in [1.82, 2.24) is 0 Å². The SMILES string of the molecule is CCOP(=O)(OCC)[C@@H](Nc1ccc(C)cc1)c1ccccc1. The van der Waals surface area contributed by atoms with Gasteiger partial charge in [-0.05, 0) is 38.5 Å². The highest BCUT2D eigenvalue weighted by Crippen LogP contribution is 2.60. The van der Waals surface area contributed by atoms with Gasteiger partial charge >= 0.3 is 7.60 Å². The summed E-state index contributed by atoms with van der Waals surface area (Å²) in [6.07, 6.45) is 0. The van der Waals surface area contributed by atoms with E-state index in [1.807, 2.05) is 75.4 Å². The molecule has 0 radical (unpaired) electrons. The molecule has 0 unspecified atom stereocenters. The van der Waals surface area contributed by atoms with Crippen LogP contribution in [0.5, 0.6) is 0 Å². The molecule has 2 aromatic rings. The summed E-state index contributed by atoms with van der Waals surface area (Å²) in [5.74, 6) is -0.550. The summed E-state index contributed by atoms with van der Waals surface area (Å²) >= 11 is 0. The average Bonchev–Trinajstić information content (AvgIpc) is 2.55. The number of anilines is 1. The van der Waals surface area contributed by atoms with Gasteiger partial charge in [0.2, 0.25) is 0 Å². The van der Waals surface area contributed by atoms with Crippen LogP contribution in [0.3, 0.4) is 0 Å². The predicted octanol–water partition coefficient (Wildman–Crippen LogP) is 5.37. The van der Waals surface area contributed by atoms with E-state index in [4.69, 9.17) is 9.05 Å². The van der Waals surface area contributed by atoms with Gasteiger partial charge in [-0.3, -0.25) is 4.57 Å². The van der Waals surface area contributed by atoms with E-state index in [0.29, 0.717) is 13.2 Å². The van der Waals surface area contributed by atoms with Gasteiger partial charge in [0.15, 0.2) is 5.78 Å². The maximum absolute atomic E-state index is 13.3. The number of nitrogens with one attached hydrogen (secondary N) is 1. The minimum absolute atomic E-state index is 0.330. The number of hydrogen-bond acceptors (Lipinski definition) is 4. The van der Waals surface area contributed by atoms with Gasteiger partial charge in [-0.2, -0.15) is 0 Å². The molecule has 0 aliphatic rings. The third kappa shape index (κ3) is 4.68. The molecule has 0 bridgehead atoms. The van der Waals surface area contributed by atoms with E-state index >= 15 is 0 Å². The second kappa shape index (κ2) is 8.30. The molecule has 124 valence electrons. The van der Waals surface area contributed by atoms with Crippen molar-refractivity contribution in [2.24, 2.45) is 0 Å². The highest BCUT2D eigenvalue weighted by Gasteiger charge is 2.36. The molecule has 2 rings (SSSR count). The Balaban J connectivity index is 2.38. The zero-order valence-corrected chi connectivity index (χ0v) is 14.8. The second-order valence-corrected chi connectivity index (χ2v) is 7.31. The summed E-state index contributed by atoms with van der Waals surface area (Å²) in [5.41, 5.74) is 2.92. The number of aryl methyl sites for hydroxylation is 1. The summed E-state index contributed by atoms with van der Waals surface area (Å²) in [5, 5.41) is 3.32. The first-order valence-corrected chi connectivity index (χ1v) is 9.47. The lowest BCUT2D eigenvalue weighted by Gasteiger charge is -2.28. The number of rotatable bonds is 8. The van der Waals surface area contributed by atoms with Gasteiger partial charge in [0.25, 0.3) is 0 Å². The number of benzene rings is 2. The van der Waals surface area contributed by atoms with E-state index in [1.54, 1.807) is 0 Å². The van der Waals surface area contributed by atoms with Crippen LogP contribution in [0.25, 0.3) is 0 Å². The quantitative estimate of drug-likeness (QED) is 0.660. The molecule has 23 heavy (non-hydrogen) atoms. The van der Waals surface area contributed by atoms with E-state index in [-0.39, 0.29) is 0 Å². The third-order valence-corrected chi connectivity index (χ3v) is 5.70. The van der Waals surface area contributed by atoms with Crippen molar-refractivity contribution in [2.75, 3.05) is 18.5 Å². The first-order valence-electron chi connectivity index (χ1n) is 7.86. The van der Waals surface area contributed by atoms with Crippen LogP contribution in [0.15, 0.2) is 54.6 Å². The third-order valence-electron chi connectivity index (χ3n) is 3.40. The highest BCUT2D eigenvalue weighted by atomic mass is 31.2. The van der Waals surface area contributed by atoms with E-state index < -0.39 is 13.4 Å². The largest absolute Gasteiger partial charge is 0.368 e. The molecule has 0 saturated carbocycles. The minimum atomic E-state index is -3.34. The molecule has 0 spiro atoms. The smallest absolute Gasteiger partial charge is 0.357 e. The molecule has 0 saturated heterocycles. The van der Waals surface area contributed by atoms with E-state index in [0.717, 1.165) is 11.3 Å². The lowest BCUT2D eigenvalue weighted by molar-refractivity contribution is 0.214. The molecule has 5 heteroatoms. The van der Waals surface area contributed by atoms with E-state index in [1.165, 1.54) is 5.56 Å². The number of hydrogen-bond donors (Lipinski definition) is 1. The Hall–Kier alpha value is -1.61. The summed E-state index contributed by atoms with van der Waals surface area (Å²) in [6, 6.07) is 17.6. The highest BCUT2D eigenvalue weighted by molar-refractivity contribution is 7.54. The first kappa shape index (κ1) is 17.7. The zero-order valence-electron chi connectivity index (χ0n) is 13.9. The maximum Gasteiger partial charge on any atom is 0.357 e. The lowest BCUT2D eigenvalue weighted by Crippen LogP contribution is -2.15. The molecule has 0 fully saturated rings. The van der Waals surface area contributed by atoms with Crippen LogP contribution in [0.1, 0.15) is 30.8 Å². The van der Waals surface area contributed by atoms with Gasteiger partial charge in [0.05, 0.1) is 13.2 Å². The van der Waals surface area contributed by atoms with Crippen molar-refractivity contribution in [3.63, 3.8) is 0 Å². The van der Waals surface area contributed by atoms with Gasteiger partial charge in [-0.15, -0.1) is 0 Å². The fraction of sp³-hybridized carbons (Fsp3) is 0.333. The fourth-order valence-corrected chi connectivity index (χ4v) is 4.27. The van der Waals surface area contributed by atoms with Gasteiger partial charge in [-0.25, -0.2) is 0 Å². The van der Waals surface area contributed by atoms with Crippen molar-refractivity contribution in [2.45, 2.75) is 26.6 Å². The van der Waals surface area contributed by atoms with Crippen molar-refractivity contribution in [3.05, 3.63) is 65.7 Å². The molecule has 0 aliphatic carbocycles. The molecule has 4 nitrogen and oxygen atoms in total. The van der Waals surface area contributed by atoms with E-state index in [2.05, 4.69) is 5.32 Å². The summed E-state index contributed by atoms with van der Waals surface area (Å²) in [4.78, 5) is 0. The Labute approximate surface area is 138 Å². The van der Waals surface area contributed by atoms with Gasteiger partial charge < -0.3 is 14.4 Å². The summed E-state index contributed by atoms with van der Waals surface area (Å²) in [7, 11) is -3.34. The van der Waals surface area contributed by atoms with E-state index in [9.17, 15) is 4.57 Å². The van der Waals surface area contributed by atoms with Crippen molar-refractivity contribution < 1.29 is 13.6 Å². The predicted molar refractivity (Wildman–Crippen MR) is 94.8 cm³/mol. The van der Waals surface area contributed by atoms with Crippen LogP contribution in [0.2, 0.25) is 0 Å². The molecule has 1 atom stereocenters. The molecule has 0 amide bonds. The Morgan fingerprint density at radius 1 is 0.957 bits per heavy atom. The van der Waals surface area contributed by atoms with Crippen LogP contribution in [0, 0.1) is 6.92 Å². The molecular formula is C18H24NO3P. The molecule has 0 aliphatic heterocycles. The van der Waals surface area contributed by atoms with Crippen LogP contribution in [0.4, 0.5) is 5.69 Å². The zero-order chi connectivity index (χ0) is 16.7. The van der Waals surface area contributed by atoms with Crippen molar-refractivity contribution in [3.8, 4) is 0 Å². The lowest BCUT2D eigenvalue weighted by atomic mass is 10.2. The first-order chi connectivity index (χ1) is 11.1. The molecule has 1 N–H and O–H groups in total. The van der Waals surface area contributed by atoms with Gasteiger partial charge in [-0.1, -0.05) is 48.0 Å². The topological polar surface area (TPSA) is 47.6 Å². The molecule has 2 aromatic carbocycles. The van der Waals surface area contributed by atoms with Crippen LogP contribution < -0.4 is 5.32 Å². The van der Waals surface area contributed by atoms with Crippen LogP contribution >= 0.6 is 7.60 Å². The fourth-order valence-electron chi connectivity index (χ4n) is 2.33. The summed E-state index contributed by atoms with van der Waals surface area (Å²) < 4.78 is 24.4. The van der Waals surface area contributed by atoms with Crippen molar-refractivity contribution >= 4 is 13.3 Å². The molecule has 0 heterocycles. The monoisotopic (exact) mass is 333 g/mol. The van der Waals surface area contributed by atoms with Crippen molar-refractivity contribution in [1.29, 1.82) is 0 Å². The van der Waals surface area contributed by atoms with Gasteiger partial charge in [0.1, 0.15) is 0 Å².